The van der Waals surface area contributed by atoms with Crippen molar-refractivity contribution < 1.29 is 23.3 Å². The number of rotatable bonds is 4. The van der Waals surface area contributed by atoms with E-state index in [1.54, 1.807) is 6.92 Å². The summed E-state index contributed by atoms with van der Waals surface area (Å²) in [5.74, 6) is -1.22. The largest absolute Gasteiger partial charge is 0.368 e. The number of hydrogen-bond donors (Lipinski definition) is 0. The zero-order valence-electron chi connectivity index (χ0n) is 11.6. The number of alkyl halides is 1. The minimum Gasteiger partial charge on any atom is -0.368 e. The van der Waals surface area contributed by atoms with Gasteiger partial charge in [-0.05, 0) is 19.4 Å². The zero-order chi connectivity index (χ0) is 14.2. The molecule has 3 rings (SSSR count). The van der Waals surface area contributed by atoms with E-state index in [4.69, 9.17) is 18.9 Å². The molecule has 0 aliphatic carbocycles. The molecule has 4 nitrogen and oxygen atoms in total. The Kier molecular flexibility index (Phi) is 3.77. The zero-order valence-corrected chi connectivity index (χ0v) is 11.6. The fraction of sp³-hybridized carbons (Fsp3) is 0.600. The van der Waals surface area contributed by atoms with Gasteiger partial charge in [0.2, 0.25) is 0 Å². The van der Waals surface area contributed by atoms with Crippen LogP contribution in [0.2, 0.25) is 0 Å². The smallest absolute Gasteiger partial charge is 0.197 e. The molecule has 0 aromatic heterocycles. The molecule has 110 valence electrons. The number of halogens is 1. The highest BCUT2D eigenvalue weighted by molar-refractivity contribution is 5.13. The lowest BCUT2D eigenvalue weighted by atomic mass is 10.1. The van der Waals surface area contributed by atoms with Crippen LogP contribution in [0.25, 0.3) is 0 Å². The molecule has 1 aromatic rings. The highest BCUT2D eigenvalue weighted by Gasteiger charge is 2.55. The number of hydrogen-bond acceptors (Lipinski definition) is 4. The quantitative estimate of drug-likeness (QED) is 0.850. The maximum Gasteiger partial charge on any atom is 0.197 e. The lowest BCUT2D eigenvalue weighted by Gasteiger charge is -2.25. The Bertz CT molecular complexity index is 454. The molecule has 0 spiro atoms. The van der Waals surface area contributed by atoms with Gasteiger partial charge < -0.3 is 18.9 Å². The van der Waals surface area contributed by atoms with Crippen LogP contribution in [0.1, 0.15) is 19.4 Å². The first-order valence-electron chi connectivity index (χ1n) is 6.84. The summed E-state index contributed by atoms with van der Waals surface area (Å²) < 4.78 is 35.6. The Morgan fingerprint density at radius 3 is 2.70 bits per heavy atom. The molecule has 5 heteroatoms. The highest BCUT2D eigenvalue weighted by atomic mass is 19.1. The number of benzene rings is 1. The van der Waals surface area contributed by atoms with E-state index in [0.717, 1.165) is 5.56 Å². The van der Waals surface area contributed by atoms with Gasteiger partial charge >= 0.3 is 0 Å². The Balaban J connectivity index is 1.64. The van der Waals surface area contributed by atoms with Gasteiger partial charge in [-0.15, -0.1) is 0 Å². The molecule has 0 amide bonds. The van der Waals surface area contributed by atoms with E-state index in [2.05, 4.69) is 0 Å². The van der Waals surface area contributed by atoms with Crippen molar-refractivity contribution in [3.63, 3.8) is 0 Å². The lowest BCUT2D eigenvalue weighted by molar-refractivity contribution is -0.231. The Hall–Kier alpha value is -1.01. The fourth-order valence-corrected chi connectivity index (χ4v) is 2.63. The third-order valence-electron chi connectivity index (χ3n) is 3.68. The average Bonchev–Trinajstić information content (AvgIpc) is 2.91. The first kappa shape index (κ1) is 13.9. The van der Waals surface area contributed by atoms with Crippen molar-refractivity contribution in [2.45, 2.75) is 50.8 Å². The summed E-state index contributed by atoms with van der Waals surface area (Å²) in [6, 6.07) is 9.88. The first-order valence-corrected chi connectivity index (χ1v) is 6.84. The summed E-state index contributed by atoms with van der Waals surface area (Å²) in [6.45, 7) is 3.25. The van der Waals surface area contributed by atoms with Gasteiger partial charge in [0, 0.05) is 0 Å². The Morgan fingerprint density at radius 1 is 1.25 bits per heavy atom. The summed E-state index contributed by atoms with van der Waals surface area (Å²) in [7, 11) is 0. The molecular weight excluding hydrogens is 263 g/mol. The fourth-order valence-electron chi connectivity index (χ4n) is 2.63. The van der Waals surface area contributed by atoms with Gasteiger partial charge in [-0.1, -0.05) is 30.3 Å². The summed E-state index contributed by atoms with van der Waals surface area (Å²) in [5.41, 5.74) is 1.08. The maximum absolute atomic E-state index is 12.9. The molecule has 5 atom stereocenters. The molecule has 2 aliphatic heterocycles. The van der Waals surface area contributed by atoms with Gasteiger partial charge in [0.05, 0.1) is 12.7 Å². The summed E-state index contributed by atoms with van der Waals surface area (Å²) >= 11 is 0. The molecule has 20 heavy (non-hydrogen) atoms. The van der Waals surface area contributed by atoms with Crippen molar-refractivity contribution >= 4 is 0 Å². The lowest BCUT2D eigenvalue weighted by Crippen LogP contribution is -2.37. The molecule has 2 heterocycles. The van der Waals surface area contributed by atoms with Crippen molar-refractivity contribution in [1.29, 1.82) is 0 Å². The van der Waals surface area contributed by atoms with Gasteiger partial charge in [0.15, 0.2) is 12.1 Å². The highest BCUT2D eigenvalue weighted by Crippen LogP contribution is 2.39. The van der Waals surface area contributed by atoms with Gasteiger partial charge in [-0.3, -0.25) is 0 Å². The summed E-state index contributed by atoms with van der Waals surface area (Å²) in [4.78, 5) is 0. The average molecular weight is 282 g/mol. The van der Waals surface area contributed by atoms with Crippen LogP contribution in [-0.2, 0) is 25.6 Å². The van der Waals surface area contributed by atoms with Crippen LogP contribution >= 0.6 is 0 Å². The minimum absolute atomic E-state index is 0.141. The van der Waals surface area contributed by atoms with Crippen molar-refractivity contribution in [2.24, 2.45) is 0 Å². The maximum atomic E-state index is 12.9. The monoisotopic (exact) mass is 282 g/mol. The van der Waals surface area contributed by atoms with Gasteiger partial charge in [-0.25, -0.2) is 4.39 Å². The van der Waals surface area contributed by atoms with E-state index < -0.39 is 18.8 Å². The molecule has 0 radical (unpaired) electrons. The second-order valence-electron chi connectivity index (χ2n) is 5.44. The van der Waals surface area contributed by atoms with E-state index in [1.165, 1.54) is 0 Å². The van der Waals surface area contributed by atoms with Crippen LogP contribution in [0.5, 0.6) is 0 Å². The molecule has 0 saturated carbocycles. The normalized spacial score (nSPS) is 40.0. The predicted molar refractivity (Wildman–Crippen MR) is 69.7 cm³/mol. The first-order chi connectivity index (χ1) is 9.61. The molecule has 1 unspecified atom stereocenters. The van der Waals surface area contributed by atoms with Crippen LogP contribution < -0.4 is 0 Å². The number of fused-ring (bicyclic) bond motifs is 1. The molecule has 0 N–H and O–H groups in total. The summed E-state index contributed by atoms with van der Waals surface area (Å²) in [5, 5.41) is 0. The number of ether oxygens (including phenoxy) is 4. The van der Waals surface area contributed by atoms with Crippen molar-refractivity contribution in [3.8, 4) is 0 Å². The topological polar surface area (TPSA) is 36.9 Å². The standard InChI is InChI=1S/C15H19FO4/c1-10-12(17-8-11-6-4-3-5-7-11)13-14(18-10)20-15(2,9-16)19-13/h3-7,10,12-14H,8-9H2,1-2H3/t10-,12+,13-,14-,15?/m1/s1. The van der Waals surface area contributed by atoms with Crippen molar-refractivity contribution in [3.05, 3.63) is 35.9 Å². The SMILES string of the molecule is C[C@H]1O[C@@H]2OC(C)(CF)O[C@@H]2[C@H]1OCc1ccccc1. The molecular formula is C15H19FO4. The van der Waals surface area contributed by atoms with Crippen molar-refractivity contribution in [2.75, 3.05) is 6.67 Å². The van der Waals surface area contributed by atoms with Crippen LogP contribution in [-0.4, -0.2) is 37.1 Å². The Labute approximate surface area is 117 Å². The van der Waals surface area contributed by atoms with E-state index in [1.807, 2.05) is 37.3 Å². The Morgan fingerprint density at radius 2 is 2.00 bits per heavy atom. The molecule has 2 saturated heterocycles. The summed E-state index contributed by atoms with van der Waals surface area (Å²) in [6.07, 6.45) is -1.33. The second-order valence-corrected chi connectivity index (χ2v) is 5.44. The van der Waals surface area contributed by atoms with Crippen LogP contribution in [0, 0.1) is 0 Å². The van der Waals surface area contributed by atoms with E-state index >= 15 is 0 Å². The third-order valence-corrected chi connectivity index (χ3v) is 3.68. The van der Waals surface area contributed by atoms with Crippen molar-refractivity contribution in [1.82, 2.24) is 0 Å². The molecule has 2 aliphatic rings. The van der Waals surface area contributed by atoms with Crippen LogP contribution in [0.4, 0.5) is 4.39 Å². The van der Waals surface area contributed by atoms with E-state index in [9.17, 15) is 4.39 Å². The van der Waals surface area contributed by atoms with Crippen LogP contribution in [0.15, 0.2) is 30.3 Å². The minimum atomic E-state index is -1.22. The van der Waals surface area contributed by atoms with Gasteiger partial charge in [0.1, 0.15) is 18.9 Å². The van der Waals surface area contributed by atoms with Gasteiger partial charge in [-0.2, -0.15) is 0 Å². The third kappa shape index (κ3) is 2.59. The molecule has 2 fully saturated rings. The van der Waals surface area contributed by atoms with E-state index in [0.29, 0.717) is 6.61 Å². The molecule has 1 aromatic carbocycles. The predicted octanol–water partition coefficient (Wildman–Crippen LogP) is 2.42. The molecule has 0 bridgehead atoms. The van der Waals surface area contributed by atoms with Crippen LogP contribution in [0.3, 0.4) is 0 Å². The van der Waals surface area contributed by atoms with E-state index in [-0.39, 0.29) is 18.3 Å². The van der Waals surface area contributed by atoms with Gasteiger partial charge in [0.25, 0.3) is 0 Å². The second kappa shape index (κ2) is 5.41.